The summed E-state index contributed by atoms with van der Waals surface area (Å²) in [6.07, 6.45) is 0. The van der Waals surface area contributed by atoms with Gasteiger partial charge in [-0.3, -0.25) is 9.59 Å². The zero-order valence-corrected chi connectivity index (χ0v) is 16.5. The van der Waals surface area contributed by atoms with Gasteiger partial charge in [0.1, 0.15) is 11.5 Å². The first kappa shape index (κ1) is 18.8. The zero-order chi connectivity index (χ0) is 19.6. The summed E-state index contributed by atoms with van der Waals surface area (Å²) in [6.45, 7) is 7.46. The van der Waals surface area contributed by atoms with Gasteiger partial charge in [-0.25, -0.2) is 4.98 Å². The molecule has 0 spiro atoms. The number of carbonyl (C=O) groups excluding carboxylic acids is 2. The van der Waals surface area contributed by atoms with Crippen LogP contribution in [0.1, 0.15) is 33.0 Å². The van der Waals surface area contributed by atoms with Gasteiger partial charge in [0.2, 0.25) is 5.91 Å². The molecule has 6 nitrogen and oxygen atoms in total. The number of carbonyl (C=O) groups is 2. The first-order valence-corrected chi connectivity index (χ1v) is 9.39. The molecular formula is C20H21N3O3S. The number of amides is 2. The summed E-state index contributed by atoms with van der Waals surface area (Å²) >= 11 is 1.35. The van der Waals surface area contributed by atoms with Crippen LogP contribution in [0.15, 0.2) is 34.1 Å². The molecule has 0 bridgehead atoms. The van der Waals surface area contributed by atoms with Crippen molar-refractivity contribution in [2.75, 3.05) is 11.9 Å². The molecule has 140 valence electrons. The lowest BCUT2D eigenvalue weighted by atomic mass is 10.1. The third kappa shape index (κ3) is 4.43. The Hall–Kier alpha value is -2.93. The normalized spacial score (nSPS) is 10.7. The summed E-state index contributed by atoms with van der Waals surface area (Å²) in [5.41, 5.74) is 4.67. The second-order valence-electron chi connectivity index (χ2n) is 6.39. The molecule has 27 heavy (non-hydrogen) atoms. The van der Waals surface area contributed by atoms with E-state index in [1.807, 2.05) is 11.4 Å². The maximum atomic E-state index is 12.1. The molecule has 0 unspecified atom stereocenters. The summed E-state index contributed by atoms with van der Waals surface area (Å²) < 4.78 is 5.33. The molecule has 2 N–H and O–H groups in total. The van der Waals surface area contributed by atoms with Crippen molar-refractivity contribution in [3.05, 3.63) is 57.9 Å². The highest BCUT2D eigenvalue weighted by molar-refractivity contribution is 7.14. The fraction of sp³-hybridized carbons (Fsp3) is 0.250. The molecule has 0 atom stereocenters. The second-order valence-corrected chi connectivity index (χ2v) is 7.25. The van der Waals surface area contributed by atoms with E-state index in [0.717, 1.165) is 11.3 Å². The summed E-state index contributed by atoms with van der Waals surface area (Å²) in [6, 6.07) is 7.79. The van der Waals surface area contributed by atoms with E-state index >= 15 is 0 Å². The number of hydrogen-bond acceptors (Lipinski definition) is 5. The number of thiazole rings is 1. The first-order valence-electron chi connectivity index (χ1n) is 8.51. The fourth-order valence-electron chi connectivity index (χ4n) is 2.64. The molecule has 2 heterocycles. The van der Waals surface area contributed by atoms with Crippen molar-refractivity contribution in [2.45, 2.75) is 27.7 Å². The Bertz CT molecular complexity index is 1000. The van der Waals surface area contributed by atoms with E-state index in [0.29, 0.717) is 22.2 Å². The zero-order valence-electron chi connectivity index (χ0n) is 15.7. The lowest BCUT2D eigenvalue weighted by Gasteiger charge is -2.04. The molecule has 3 rings (SSSR count). The van der Waals surface area contributed by atoms with Gasteiger partial charge in [0.15, 0.2) is 5.13 Å². The van der Waals surface area contributed by atoms with E-state index in [9.17, 15) is 9.59 Å². The van der Waals surface area contributed by atoms with Crippen molar-refractivity contribution in [2.24, 2.45) is 0 Å². The van der Waals surface area contributed by atoms with Gasteiger partial charge < -0.3 is 15.1 Å². The standard InChI is InChI=1S/C20H21N3O3S/c1-11-5-6-15(7-12(11)2)17-10-27-20(22-17)23-18(24)9-21-19(25)16-8-13(3)26-14(16)4/h5-8,10H,9H2,1-4H3,(H,21,25)(H,22,23,24). The van der Waals surface area contributed by atoms with E-state index in [2.05, 4.69) is 41.6 Å². The third-order valence-electron chi connectivity index (χ3n) is 4.25. The number of anilines is 1. The predicted molar refractivity (Wildman–Crippen MR) is 106 cm³/mol. The largest absolute Gasteiger partial charge is 0.466 e. The van der Waals surface area contributed by atoms with Crippen molar-refractivity contribution in [3.8, 4) is 11.3 Å². The Morgan fingerprint density at radius 3 is 2.56 bits per heavy atom. The molecule has 2 amide bonds. The van der Waals surface area contributed by atoms with Crippen LogP contribution in [-0.2, 0) is 4.79 Å². The molecule has 0 aliphatic rings. The number of nitrogens with zero attached hydrogens (tertiary/aromatic N) is 1. The fourth-order valence-corrected chi connectivity index (χ4v) is 3.38. The number of aryl methyl sites for hydroxylation is 4. The van der Waals surface area contributed by atoms with Gasteiger partial charge >= 0.3 is 0 Å². The van der Waals surface area contributed by atoms with Crippen LogP contribution in [0.5, 0.6) is 0 Å². The summed E-state index contributed by atoms with van der Waals surface area (Å²) in [7, 11) is 0. The van der Waals surface area contributed by atoms with Gasteiger partial charge in [0, 0.05) is 10.9 Å². The number of benzene rings is 1. The van der Waals surface area contributed by atoms with E-state index < -0.39 is 0 Å². The maximum absolute atomic E-state index is 12.1. The van der Waals surface area contributed by atoms with Gasteiger partial charge in [0.25, 0.3) is 5.91 Å². The van der Waals surface area contributed by atoms with Gasteiger partial charge in [-0.1, -0.05) is 12.1 Å². The number of furan rings is 1. The molecule has 7 heteroatoms. The van der Waals surface area contributed by atoms with Crippen molar-refractivity contribution in [1.82, 2.24) is 10.3 Å². The Kier molecular flexibility index (Phi) is 5.41. The summed E-state index contributed by atoms with van der Waals surface area (Å²) in [4.78, 5) is 28.7. The maximum Gasteiger partial charge on any atom is 0.255 e. The highest BCUT2D eigenvalue weighted by Gasteiger charge is 2.15. The van der Waals surface area contributed by atoms with Gasteiger partial charge in [0.05, 0.1) is 17.8 Å². The minimum atomic E-state index is -0.338. The summed E-state index contributed by atoms with van der Waals surface area (Å²) in [5.74, 6) is 0.517. The molecule has 0 aliphatic heterocycles. The van der Waals surface area contributed by atoms with E-state index in [1.54, 1.807) is 19.9 Å². The Balaban J connectivity index is 1.58. The monoisotopic (exact) mass is 383 g/mol. The van der Waals surface area contributed by atoms with Crippen LogP contribution >= 0.6 is 11.3 Å². The molecule has 0 fully saturated rings. The number of aromatic nitrogens is 1. The Labute approximate surface area is 161 Å². The molecule has 1 aromatic carbocycles. The molecule has 2 aromatic heterocycles. The number of rotatable bonds is 5. The summed E-state index contributed by atoms with van der Waals surface area (Å²) in [5, 5.41) is 7.70. The lowest BCUT2D eigenvalue weighted by molar-refractivity contribution is -0.115. The Morgan fingerprint density at radius 2 is 1.89 bits per heavy atom. The van der Waals surface area contributed by atoms with Crippen LogP contribution < -0.4 is 10.6 Å². The van der Waals surface area contributed by atoms with Crippen molar-refractivity contribution in [1.29, 1.82) is 0 Å². The highest BCUT2D eigenvalue weighted by Crippen LogP contribution is 2.26. The van der Waals surface area contributed by atoms with E-state index in [-0.39, 0.29) is 18.4 Å². The minimum Gasteiger partial charge on any atom is -0.466 e. The smallest absolute Gasteiger partial charge is 0.255 e. The average molecular weight is 383 g/mol. The molecule has 0 saturated carbocycles. The third-order valence-corrected chi connectivity index (χ3v) is 5.01. The average Bonchev–Trinajstić information content (AvgIpc) is 3.21. The molecular weight excluding hydrogens is 362 g/mol. The minimum absolute atomic E-state index is 0.138. The molecule has 0 aliphatic carbocycles. The van der Waals surface area contributed by atoms with Crippen LogP contribution in [0.3, 0.4) is 0 Å². The van der Waals surface area contributed by atoms with Crippen molar-refractivity contribution >= 4 is 28.3 Å². The van der Waals surface area contributed by atoms with Gasteiger partial charge in [-0.15, -0.1) is 11.3 Å². The van der Waals surface area contributed by atoms with Crippen molar-refractivity contribution < 1.29 is 14.0 Å². The highest BCUT2D eigenvalue weighted by atomic mass is 32.1. The predicted octanol–water partition coefficient (Wildman–Crippen LogP) is 4.01. The first-order chi connectivity index (χ1) is 12.8. The van der Waals surface area contributed by atoms with Crippen LogP contribution in [-0.4, -0.2) is 23.3 Å². The van der Waals surface area contributed by atoms with E-state index in [1.165, 1.54) is 22.5 Å². The van der Waals surface area contributed by atoms with Crippen LogP contribution in [0.4, 0.5) is 5.13 Å². The quantitative estimate of drug-likeness (QED) is 0.697. The van der Waals surface area contributed by atoms with Crippen LogP contribution in [0.25, 0.3) is 11.3 Å². The number of nitrogens with one attached hydrogen (secondary N) is 2. The topological polar surface area (TPSA) is 84.2 Å². The lowest BCUT2D eigenvalue weighted by Crippen LogP contribution is -2.32. The molecule has 3 aromatic rings. The van der Waals surface area contributed by atoms with E-state index in [4.69, 9.17) is 4.42 Å². The van der Waals surface area contributed by atoms with Crippen LogP contribution in [0.2, 0.25) is 0 Å². The van der Waals surface area contributed by atoms with Gasteiger partial charge in [-0.05, 0) is 51.0 Å². The van der Waals surface area contributed by atoms with Gasteiger partial charge in [-0.2, -0.15) is 0 Å². The Morgan fingerprint density at radius 1 is 1.11 bits per heavy atom. The SMILES string of the molecule is Cc1cc(C(=O)NCC(=O)Nc2nc(-c3ccc(C)c(C)c3)cs2)c(C)o1. The van der Waals surface area contributed by atoms with Crippen molar-refractivity contribution in [3.63, 3.8) is 0 Å². The second kappa shape index (κ2) is 7.75. The van der Waals surface area contributed by atoms with Crippen LogP contribution in [0, 0.1) is 27.7 Å². The molecule has 0 saturated heterocycles. The number of hydrogen-bond donors (Lipinski definition) is 2. The molecule has 0 radical (unpaired) electrons.